The zero-order valence-corrected chi connectivity index (χ0v) is 12.2. The number of aliphatic hydroxyl groups excluding tert-OH is 1. The number of hydrogen-bond acceptors (Lipinski definition) is 3. The molecule has 0 saturated heterocycles. The average Bonchev–Trinajstić information content (AvgIpc) is 2.53. The number of nitrogens with two attached hydrogens (primary N) is 1. The minimum absolute atomic E-state index is 0.0499. The molecular weight excluding hydrogens is 280 g/mol. The molecule has 0 aliphatic heterocycles. The molecular formula is C17H20N2O3. The third-order valence-corrected chi connectivity index (χ3v) is 3.50. The quantitative estimate of drug-likeness (QED) is 0.715. The maximum absolute atomic E-state index is 11.3. The van der Waals surface area contributed by atoms with Crippen molar-refractivity contribution in [2.45, 2.75) is 12.5 Å². The lowest BCUT2D eigenvalue weighted by Gasteiger charge is -2.22. The Morgan fingerprint density at radius 2 is 1.73 bits per heavy atom. The van der Waals surface area contributed by atoms with Crippen LogP contribution in [0.4, 0.5) is 10.5 Å². The van der Waals surface area contributed by atoms with Crippen LogP contribution in [0.2, 0.25) is 0 Å². The number of nitrogen functional groups attached to an aromatic ring is 1. The summed E-state index contributed by atoms with van der Waals surface area (Å²) in [6, 6.07) is 16.4. The molecule has 0 aromatic heterocycles. The van der Waals surface area contributed by atoms with Gasteiger partial charge in [-0.05, 0) is 29.7 Å². The van der Waals surface area contributed by atoms with E-state index >= 15 is 0 Å². The van der Waals surface area contributed by atoms with Gasteiger partial charge in [-0.2, -0.15) is 0 Å². The molecule has 0 aliphatic carbocycles. The van der Waals surface area contributed by atoms with Crippen molar-refractivity contribution in [1.82, 2.24) is 4.90 Å². The summed E-state index contributed by atoms with van der Waals surface area (Å²) in [5.41, 5.74) is 8.02. The Kier molecular flexibility index (Phi) is 5.38. The largest absolute Gasteiger partial charge is 0.465 e. The third-order valence-electron chi connectivity index (χ3n) is 3.50. The summed E-state index contributed by atoms with van der Waals surface area (Å²) in [5, 5.41) is 19.4. The van der Waals surface area contributed by atoms with Crippen LogP contribution in [0.15, 0.2) is 54.6 Å². The molecule has 2 rings (SSSR count). The summed E-state index contributed by atoms with van der Waals surface area (Å²) in [6.07, 6.45) is -1.29. The third kappa shape index (κ3) is 4.49. The monoisotopic (exact) mass is 300 g/mol. The summed E-state index contributed by atoms with van der Waals surface area (Å²) in [6.45, 7) is 0.372. The topological polar surface area (TPSA) is 86.8 Å². The fourth-order valence-electron chi connectivity index (χ4n) is 2.20. The molecule has 0 fully saturated rings. The van der Waals surface area contributed by atoms with Crippen LogP contribution in [0, 0.1) is 0 Å². The number of aliphatic hydroxyl groups is 1. The molecule has 4 N–H and O–H groups in total. The Hall–Kier alpha value is -2.53. The molecule has 0 spiro atoms. The number of anilines is 1. The van der Waals surface area contributed by atoms with E-state index in [0.29, 0.717) is 24.2 Å². The van der Waals surface area contributed by atoms with Crippen molar-refractivity contribution in [2.24, 2.45) is 0 Å². The molecule has 1 amide bonds. The molecule has 0 unspecified atom stereocenters. The van der Waals surface area contributed by atoms with Gasteiger partial charge in [-0.25, -0.2) is 4.79 Å². The van der Waals surface area contributed by atoms with Gasteiger partial charge in [0.15, 0.2) is 0 Å². The lowest BCUT2D eigenvalue weighted by Crippen LogP contribution is -2.35. The molecule has 0 bridgehead atoms. The van der Waals surface area contributed by atoms with E-state index in [0.717, 1.165) is 5.56 Å². The van der Waals surface area contributed by atoms with Crippen molar-refractivity contribution in [2.75, 3.05) is 18.8 Å². The highest BCUT2D eigenvalue weighted by atomic mass is 16.4. The second-order valence-electron chi connectivity index (χ2n) is 5.15. The van der Waals surface area contributed by atoms with Crippen LogP contribution >= 0.6 is 0 Å². The van der Waals surface area contributed by atoms with Crippen molar-refractivity contribution in [3.05, 3.63) is 65.7 Å². The van der Waals surface area contributed by atoms with E-state index in [9.17, 15) is 15.0 Å². The number of nitrogens with zero attached hydrogens (tertiary/aromatic N) is 1. The highest BCUT2D eigenvalue weighted by Crippen LogP contribution is 2.14. The summed E-state index contributed by atoms with van der Waals surface area (Å²) in [7, 11) is 0. The van der Waals surface area contributed by atoms with Crippen molar-refractivity contribution in [3.63, 3.8) is 0 Å². The molecule has 0 saturated carbocycles. The lowest BCUT2D eigenvalue weighted by atomic mass is 10.1. The predicted molar refractivity (Wildman–Crippen MR) is 85.6 cm³/mol. The van der Waals surface area contributed by atoms with E-state index in [2.05, 4.69) is 0 Å². The number of rotatable bonds is 6. The fraction of sp³-hybridized carbons (Fsp3) is 0.235. The lowest BCUT2D eigenvalue weighted by molar-refractivity contribution is 0.0973. The Morgan fingerprint density at radius 1 is 1.09 bits per heavy atom. The van der Waals surface area contributed by atoms with Crippen LogP contribution in [-0.2, 0) is 6.42 Å². The molecule has 2 aromatic carbocycles. The molecule has 0 radical (unpaired) electrons. The predicted octanol–water partition coefficient (Wildman–Crippen LogP) is 2.52. The van der Waals surface area contributed by atoms with Gasteiger partial charge in [0.05, 0.1) is 12.6 Å². The molecule has 22 heavy (non-hydrogen) atoms. The fourth-order valence-corrected chi connectivity index (χ4v) is 2.20. The van der Waals surface area contributed by atoms with Crippen molar-refractivity contribution < 1.29 is 15.0 Å². The molecule has 5 heteroatoms. The first-order chi connectivity index (χ1) is 10.6. The summed E-state index contributed by atoms with van der Waals surface area (Å²) in [5.74, 6) is 0. The Balaban J connectivity index is 1.95. The van der Waals surface area contributed by atoms with Crippen LogP contribution in [0.5, 0.6) is 0 Å². The van der Waals surface area contributed by atoms with Crippen LogP contribution < -0.4 is 5.73 Å². The highest BCUT2D eigenvalue weighted by Gasteiger charge is 2.17. The van der Waals surface area contributed by atoms with Gasteiger partial charge in [-0.3, -0.25) is 0 Å². The Morgan fingerprint density at radius 3 is 2.32 bits per heavy atom. The summed E-state index contributed by atoms with van der Waals surface area (Å²) in [4.78, 5) is 12.6. The molecule has 116 valence electrons. The Bertz CT molecular complexity index is 599. The number of benzene rings is 2. The van der Waals surface area contributed by atoms with E-state index < -0.39 is 12.2 Å². The van der Waals surface area contributed by atoms with E-state index in [1.807, 2.05) is 30.3 Å². The first-order valence-corrected chi connectivity index (χ1v) is 7.11. The molecule has 0 aliphatic rings. The van der Waals surface area contributed by atoms with E-state index in [-0.39, 0.29) is 6.54 Å². The van der Waals surface area contributed by atoms with Crippen molar-refractivity contribution >= 4 is 11.8 Å². The van der Waals surface area contributed by atoms with Crippen molar-refractivity contribution in [1.29, 1.82) is 0 Å². The molecule has 1 atom stereocenters. The zero-order chi connectivity index (χ0) is 15.9. The van der Waals surface area contributed by atoms with Gasteiger partial charge in [0.1, 0.15) is 0 Å². The van der Waals surface area contributed by atoms with E-state index in [1.165, 1.54) is 4.90 Å². The molecule has 0 heterocycles. The summed E-state index contributed by atoms with van der Waals surface area (Å²) >= 11 is 0. The summed E-state index contributed by atoms with van der Waals surface area (Å²) < 4.78 is 0. The average molecular weight is 300 g/mol. The molecule has 5 nitrogen and oxygen atoms in total. The van der Waals surface area contributed by atoms with E-state index in [1.54, 1.807) is 24.3 Å². The second kappa shape index (κ2) is 7.47. The smallest absolute Gasteiger partial charge is 0.407 e. The van der Waals surface area contributed by atoms with Gasteiger partial charge in [0.25, 0.3) is 0 Å². The van der Waals surface area contributed by atoms with Gasteiger partial charge in [0, 0.05) is 12.2 Å². The minimum Gasteiger partial charge on any atom is -0.465 e. The second-order valence-corrected chi connectivity index (χ2v) is 5.15. The molecule has 2 aromatic rings. The number of amides is 1. The standard InChI is InChI=1S/C17H20N2O3/c18-15-8-6-13(7-9-15)10-11-19(17(21)22)12-16(20)14-4-2-1-3-5-14/h1-9,16,20H,10-12,18H2,(H,21,22)/t16-/m1/s1. The van der Waals surface area contributed by atoms with Gasteiger partial charge >= 0.3 is 6.09 Å². The van der Waals surface area contributed by atoms with E-state index in [4.69, 9.17) is 5.73 Å². The normalized spacial score (nSPS) is 11.9. The number of carbonyl (C=O) groups is 1. The zero-order valence-electron chi connectivity index (χ0n) is 12.2. The van der Waals surface area contributed by atoms with Gasteiger partial charge < -0.3 is 20.8 Å². The minimum atomic E-state index is -1.04. The van der Waals surface area contributed by atoms with Gasteiger partial charge in [-0.1, -0.05) is 42.5 Å². The highest BCUT2D eigenvalue weighted by molar-refractivity contribution is 5.65. The van der Waals surface area contributed by atoms with Crippen LogP contribution in [0.1, 0.15) is 17.2 Å². The van der Waals surface area contributed by atoms with Crippen LogP contribution in [0.25, 0.3) is 0 Å². The number of carboxylic acid groups (broad SMARTS) is 1. The van der Waals surface area contributed by atoms with Crippen LogP contribution in [-0.4, -0.2) is 34.3 Å². The first-order valence-electron chi connectivity index (χ1n) is 7.11. The van der Waals surface area contributed by atoms with Gasteiger partial charge in [0.2, 0.25) is 0 Å². The Labute approximate surface area is 129 Å². The SMILES string of the molecule is Nc1ccc(CCN(C[C@@H](O)c2ccccc2)C(=O)O)cc1. The van der Waals surface area contributed by atoms with Gasteiger partial charge in [-0.15, -0.1) is 0 Å². The maximum atomic E-state index is 11.3. The van der Waals surface area contributed by atoms with Crippen molar-refractivity contribution in [3.8, 4) is 0 Å². The maximum Gasteiger partial charge on any atom is 0.407 e. The number of hydrogen-bond donors (Lipinski definition) is 3. The van der Waals surface area contributed by atoms with Crippen LogP contribution in [0.3, 0.4) is 0 Å². The first kappa shape index (κ1) is 15.9.